The van der Waals surface area contributed by atoms with Gasteiger partial charge in [-0.2, -0.15) is 0 Å². The van der Waals surface area contributed by atoms with Crippen LogP contribution in [0.25, 0.3) is 0 Å². The van der Waals surface area contributed by atoms with Crippen molar-refractivity contribution in [2.75, 3.05) is 0 Å². The monoisotopic (exact) mass is 190 g/mol. The van der Waals surface area contributed by atoms with E-state index in [-0.39, 0.29) is 11.3 Å². The molecule has 0 atom stereocenters. The molecule has 1 aliphatic rings. The molecule has 0 bridgehead atoms. The Balaban J connectivity index is 2.42. The molecular weight excluding hydrogens is 185 g/mol. The smallest absolute Gasteiger partial charge is 0.409 e. The second-order valence-corrected chi connectivity index (χ2v) is 2.57. The number of ether oxygens (including phenoxy) is 2. The third-order valence-electron chi connectivity index (χ3n) is 1.69. The van der Waals surface area contributed by atoms with Crippen LogP contribution in [0.2, 0.25) is 0 Å². The summed E-state index contributed by atoms with van der Waals surface area (Å²) < 4.78 is 45.9. The Kier molecular flexibility index (Phi) is 1.69. The minimum absolute atomic E-state index is 0.0217. The first kappa shape index (κ1) is 8.37. The van der Waals surface area contributed by atoms with Gasteiger partial charge in [-0.25, -0.2) is 4.39 Å². The summed E-state index contributed by atoms with van der Waals surface area (Å²) in [6.07, 6.45) is -3.65. The standard InChI is InChI=1S/C8H5F3O2/c9-6-2-1-3-7-5(6)4-12-8(10,11)13-7/h1-3H,4H2. The van der Waals surface area contributed by atoms with Crippen molar-refractivity contribution < 1.29 is 22.6 Å². The van der Waals surface area contributed by atoms with Gasteiger partial charge in [0.25, 0.3) is 0 Å². The number of hydrogen-bond acceptors (Lipinski definition) is 2. The lowest BCUT2D eigenvalue weighted by molar-refractivity contribution is -0.368. The number of halogens is 3. The summed E-state index contributed by atoms with van der Waals surface area (Å²) in [5.74, 6) is -0.774. The summed E-state index contributed by atoms with van der Waals surface area (Å²) in [5.41, 5.74) is 0.0217. The van der Waals surface area contributed by atoms with E-state index in [2.05, 4.69) is 9.47 Å². The molecule has 2 rings (SSSR count). The van der Waals surface area contributed by atoms with E-state index >= 15 is 0 Å². The number of benzene rings is 1. The van der Waals surface area contributed by atoms with Gasteiger partial charge in [-0.1, -0.05) is 6.07 Å². The van der Waals surface area contributed by atoms with Crippen LogP contribution in [0.5, 0.6) is 5.75 Å². The molecule has 70 valence electrons. The zero-order valence-corrected chi connectivity index (χ0v) is 6.39. The van der Waals surface area contributed by atoms with Crippen LogP contribution < -0.4 is 4.74 Å². The minimum Gasteiger partial charge on any atom is -0.409 e. The molecule has 2 nitrogen and oxygen atoms in total. The van der Waals surface area contributed by atoms with E-state index in [1.54, 1.807) is 0 Å². The number of fused-ring (bicyclic) bond motifs is 1. The Bertz CT molecular complexity index is 338. The summed E-state index contributed by atoms with van der Waals surface area (Å²) >= 11 is 0. The molecule has 0 radical (unpaired) electrons. The van der Waals surface area contributed by atoms with Crippen LogP contribution in [0.1, 0.15) is 5.56 Å². The van der Waals surface area contributed by atoms with Crippen LogP contribution in [0.3, 0.4) is 0 Å². The highest BCUT2D eigenvalue weighted by atomic mass is 19.3. The van der Waals surface area contributed by atoms with Crippen LogP contribution in [0.15, 0.2) is 18.2 Å². The average molecular weight is 190 g/mol. The van der Waals surface area contributed by atoms with E-state index in [1.807, 2.05) is 0 Å². The Hall–Kier alpha value is -1.23. The lowest BCUT2D eigenvalue weighted by Crippen LogP contribution is -2.32. The van der Waals surface area contributed by atoms with Crippen molar-refractivity contribution in [2.24, 2.45) is 0 Å². The van der Waals surface area contributed by atoms with Crippen molar-refractivity contribution in [3.05, 3.63) is 29.6 Å². The third kappa shape index (κ3) is 1.47. The molecule has 0 amide bonds. The molecule has 0 spiro atoms. The summed E-state index contributed by atoms with van der Waals surface area (Å²) in [6.45, 7) is -0.477. The molecule has 1 heterocycles. The van der Waals surface area contributed by atoms with Crippen LogP contribution in [-0.4, -0.2) is 6.29 Å². The van der Waals surface area contributed by atoms with E-state index in [0.29, 0.717) is 0 Å². The Morgan fingerprint density at radius 1 is 1.31 bits per heavy atom. The lowest BCUT2D eigenvalue weighted by Gasteiger charge is -2.24. The van der Waals surface area contributed by atoms with Gasteiger partial charge < -0.3 is 4.74 Å². The van der Waals surface area contributed by atoms with Crippen molar-refractivity contribution in [1.29, 1.82) is 0 Å². The molecule has 0 aromatic heterocycles. The molecule has 1 aromatic carbocycles. The second-order valence-electron chi connectivity index (χ2n) is 2.57. The van der Waals surface area contributed by atoms with Gasteiger partial charge in [0.2, 0.25) is 0 Å². The van der Waals surface area contributed by atoms with Gasteiger partial charge in [0.1, 0.15) is 11.6 Å². The zero-order chi connectivity index (χ0) is 9.47. The van der Waals surface area contributed by atoms with E-state index in [9.17, 15) is 13.2 Å². The van der Waals surface area contributed by atoms with Gasteiger partial charge >= 0.3 is 6.29 Å². The van der Waals surface area contributed by atoms with Gasteiger partial charge in [0.05, 0.1) is 12.2 Å². The molecule has 1 aliphatic heterocycles. The Morgan fingerprint density at radius 2 is 2.08 bits per heavy atom. The molecule has 1 aromatic rings. The van der Waals surface area contributed by atoms with Crippen molar-refractivity contribution in [2.45, 2.75) is 12.9 Å². The molecule has 0 N–H and O–H groups in total. The van der Waals surface area contributed by atoms with Crippen molar-refractivity contribution in [3.8, 4) is 5.75 Å². The number of alkyl halides is 2. The molecule has 0 fully saturated rings. The summed E-state index contributed by atoms with van der Waals surface area (Å²) in [4.78, 5) is 0. The maximum absolute atomic E-state index is 12.9. The van der Waals surface area contributed by atoms with Gasteiger partial charge in [-0.05, 0) is 12.1 Å². The minimum atomic E-state index is -3.65. The predicted molar refractivity (Wildman–Crippen MR) is 36.8 cm³/mol. The summed E-state index contributed by atoms with van der Waals surface area (Å²) in [6, 6.07) is 3.74. The van der Waals surface area contributed by atoms with Crippen LogP contribution in [0, 0.1) is 5.82 Å². The van der Waals surface area contributed by atoms with Gasteiger partial charge in [-0.15, -0.1) is 8.78 Å². The maximum Gasteiger partial charge on any atom is 0.535 e. The Labute approximate surface area is 71.9 Å². The molecular formula is C8H5F3O2. The fourth-order valence-corrected chi connectivity index (χ4v) is 1.09. The van der Waals surface area contributed by atoms with Crippen molar-refractivity contribution >= 4 is 0 Å². The second kappa shape index (κ2) is 2.63. The molecule has 0 aliphatic carbocycles. The van der Waals surface area contributed by atoms with E-state index in [4.69, 9.17) is 0 Å². The van der Waals surface area contributed by atoms with Gasteiger partial charge in [0.15, 0.2) is 0 Å². The van der Waals surface area contributed by atoms with Crippen molar-refractivity contribution in [1.82, 2.24) is 0 Å². The molecule has 0 saturated carbocycles. The fraction of sp³-hybridized carbons (Fsp3) is 0.250. The zero-order valence-electron chi connectivity index (χ0n) is 6.39. The molecule has 0 unspecified atom stereocenters. The molecule has 0 saturated heterocycles. The highest BCUT2D eigenvalue weighted by molar-refractivity contribution is 5.35. The molecule has 5 heteroatoms. The average Bonchev–Trinajstić information content (AvgIpc) is 2.02. The number of hydrogen-bond donors (Lipinski definition) is 0. The lowest BCUT2D eigenvalue weighted by atomic mass is 10.2. The van der Waals surface area contributed by atoms with E-state index in [0.717, 1.165) is 6.07 Å². The van der Waals surface area contributed by atoms with Gasteiger partial charge in [0, 0.05) is 0 Å². The SMILES string of the molecule is Fc1cccc2c1COC(F)(F)O2. The summed E-state index contributed by atoms with van der Waals surface area (Å²) in [7, 11) is 0. The highest BCUT2D eigenvalue weighted by Crippen LogP contribution is 2.34. The van der Waals surface area contributed by atoms with Crippen molar-refractivity contribution in [3.63, 3.8) is 0 Å². The van der Waals surface area contributed by atoms with Crippen LogP contribution in [0.4, 0.5) is 13.2 Å². The van der Waals surface area contributed by atoms with Gasteiger partial charge in [-0.3, -0.25) is 4.74 Å². The van der Waals surface area contributed by atoms with E-state index in [1.165, 1.54) is 12.1 Å². The normalized spacial score (nSPS) is 19.0. The topological polar surface area (TPSA) is 18.5 Å². The van der Waals surface area contributed by atoms with Crippen LogP contribution in [-0.2, 0) is 11.3 Å². The quantitative estimate of drug-likeness (QED) is 0.624. The largest absolute Gasteiger partial charge is 0.535 e. The maximum atomic E-state index is 12.9. The first-order chi connectivity index (χ1) is 6.08. The van der Waals surface area contributed by atoms with E-state index < -0.39 is 18.7 Å². The predicted octanol–water partition coefficient (Wildman–Crippen LogP) is 2.29. The summed E-state index contributed by atoms with van der Waals surface area (Å²) in [5, 5.41) is 0. The third-order valence-corrected chi connectivity index (χ3v) is 1.69. The highest BCUT2D eigenvalue weighted by Gasteiger charge is 2.39. The van der Waals surface area contributed by atoms with Crippen LogP contribution >= 0.6 is 0 Å². The first-order valence-corrected chi connectivity index (χ1v) is 3.57. The molecule has 13 heavy (non-hydrogen) atoms. The number of rotatable bonds is 0. The Morgan fingerprint density at radius 3 is 2.85 bits per heavy atom. The first-order valence-electron chi connectivity index (χ1n) is 3.57. The fourth-order valence-electron chi connectivity index (χ4n) is 1.09.